The van der Waals surface area contributed by atoms with Gasteiger partial charge in [0.15, 0.2) is 0 Å². The summed E-state index contributed by atoms with van der Waals surface area (Å²) in [6, 6.07) is 17.9. The third-order valence-electron chi connectivity index (χ3n) is 4.05. The second-order valence-corrected chi connectivity index (χ2v) is 5.85. The second-order valence-electron chi connectivity index (χ2n) is 5.85. The molecule has 0 aliphatic rings. The minimum atomic E-state index is 0.108. The van der Waals surface area contributed by atoms with Crippen molar-refractivity contribution in [3.63, 3.8) is 0 Å². The molecule has 0 aliphatic carbocycles. The molecule has 7 nitrogen and oxygen atoms in total. The molecule has 0 aliphatic heterocycles. The van der Waals surface area contributed by atoms with Gasteiger partial charge in [0, 0.05) is 12.1 Å². The number of nitrogens with one attached hydrogen (secondary N) is 1. The summed E-state index contributed by atoms with van der Waals surface area (Å²) in [6.07, 6.45) is 0. The Kier molecular flexibility index (Phi) is 5.25. The van der Waals surface area contributed by atoms with E-state index >= 15 is 0 Å². The molecule has 0 saturated heterocycles. The molecule has 0 fully saturated rings. The van der Waals surface area contributed by atoms with Crippen LogP contribution >= 0.6 is 0 Å². The van der Waals surface area contributed by atoms with Crippen LogP contribution in [0.3, 0.4) is 0 Å². The number of methoxy groups -OCH3 is 1. The fraction of sp³-hybridized carbons (Fsp3) is 0.278. The third kappa shape index (κ3) is 3.77. The van der Waals surface area contributed by atoms with Crippen molar-refractivity contribution in [2.45, 2.75) is 6.04 Å². The van der Waals surface area contributed by atoms with Crippen LogP contribution in [-0.4, -0.2) is 52.9 Å². The number of likely N-dealkylation sites (N-methyl/N-ethyl adjacent to an activating group) is 1. The molecule has 7 heteroatoms. The monoisotopic (exact) mass is 338 g/mol. The van der Waals surface area contributed by atoms with Gasteiger partial charge in [-0.3, -0.25) is 0 Å². The first-order valence-corrected chi connectivity index (χ1v) is 8.07. The van der Waals surface area contributed by atoms with E-state index in [4.69, 9.17) is 4.74 Å². The molecule has 1 aromatic heterocycles. The largest absolute Gasteiger partial charge is 0.496 e. The van der Waals surface area contributed by atoms with E-state index in [0.29, 0.717) is 12.5 Å². The van der Waals surface area contributed by atoms with Crippen molar-refractivity contribution in [2.75, 3.05) is 33.1 Å². The van der Waals surface area contributed by atoms with Crippen molar-refractivity contribution < 1.29 is 4.74 Å². The number of para-hydroxylation sites is 2. The molecule has 0 amide bonds. The lowest BCUT2D eigenvalue weighted by Crippen LogP contribution is -2.28. The summed E-state index contributed by atoms with van der Waals surface area (Å²) in [4.78, 5) is 2.14. The number of anilines is 1. The fourth-order valence-corrected chi connectivity index (χ4v) is 2.74. The Hall–Kier alpha value is -2.93. The van der Waals surface area contributed by atoms with E-state index in [2.05, 4.69) is 31.8 Å². The van der Waals surface area contributed by atoms with Gasteiger partial charge >= 0.3 is 0 Å². The van der Waals surface area contributed by atoms with Crippen LogP contribution in [-0.2, 0) is 0 Å². The first-order valence-electron chi connectivity index (χ1n) is 8.07. The summed E-state index contributed by atoms with van der Waals surface area (Å²) in [6.45, 7) is 0.639. The van der Waals surface area contributed by atoms with E-state index in [1.165, 1.54) is 0 Å². The van der Waals surface area contributed by atoms with Crippen LogP contribution in [0, 0.1) is 0 Å². The molecule has 0 saturated carbocycles. The van der Waals surface area contributed by atoms with Crippen molar-refractivity contribution in [2.24, 2.45) is 0 Å². The Morgan fingerprint density at radius 2 is 1.80 bits per heavy atom. The molecule has 0 unspecified atom stereocenters. The summed E-state index contributed by atoms with van der Waals surface area (Å²) >= 11 is 0. The Morgan fingerprint density at radius 1 is 1.08 bits per heavy atom. The average molecular weight is 338 g/mol. The smallest absolute Gasteiger partial charge is 0.247 e. The number of hydrogen-bond donors (Lipinski definition) is 1. The highest BCUT2D eigenvalue weighted by Gasteiger charge is 2.19. The van der Waals surface area contributed by atoms with Crippen molar-refractivity contribution in [3.8, 4) is 11.4 Å². The number of rotatable bonds is 7. The van der Waals surface area contributed by atoms with Gasteiger partial charge < -0.3 is 15.0 Å². The lowest BCUT2D eigenvalue weighted by atomic mass is 10.0. The molecular formula is C18H22N6O. The van der Waals surface area contributed by atoms with Gasteiger partial charge in [0.1, 0.15) is 5.75 Å². The Labute approximate surface area is 147 Å². The van der Waals surface area contributed by atoms with Gasteiger partial charge in [-0.15, -0.1) is 0 Å². The summed E-state index contributed by atoms with van der Waals surface area (Å²) in [5, 5.41) is 15.3. The number of benzene rings is 2. The van der Waals surface area contributed by atoms with Crippen molar-refractivity contribution >= 4 is 5.95 Å². The van der Waals surface area contributed by atoms with Crippen molar-refractivity contribution in [1.29, 1.82) is 0 Å². The lowest BCUT2D eigenvalue weighted by Gasteiger charge is -2.26. The normalized spacial score (nSPS) is 12.2. The minimum Gasteiger partial charge on any atom is -0.496 e. The quantitative estimate of drug-likeness (QED) is 0.713. The van der Waals surface area contributed by atoms with Gasteiger partial charge in [-0.2, -0.15) is 4.68 Å². The van der Waals surface area contributed by atoms with Gasteiger partial charge in [-0.25, -0.2) is 0 Å². The highest BCUT2D eigenvalue weighted by atomic mass is 16.5. The van der Waals surface area contributed by atoms with E-state index in [1.54, 1.807) is 11.8 Å². The second kappa shape index (κ2) is 7.76. The highest BCUT2D eigenvalue weighted by Crippen LogP contribution is 2.28. The Balaban J connectivity index is 1.81. The maximum atomic E-state index is 5.51. The number of hydrogen-bond acceptors (Lipinski definition) is 6. The molecule has 1 N–H and O–H groups in total. The molecule has 0 radical (unpaired) electrons. The van der Waals surface area contributed by atoms with E-state index in [0.717, 1.165) is 17.0 Å². The molecule has 0 spiro atoms. The van der Waals surface area contributed by atoms with Crippen LogP contribution < -0.4 is 10.1 Å². The molecule has 2 aromatic carbocycles. The molecule has 130 valence electrons. The molecule has 25 heavy (non-hydrogen) atoms. The zero-order valence-electron chi connectivity index (χ0n) is 14.6. The molecule has 1 atom stereocenters. The first-order chi connectivity index (χ1) is 12.2. The van der Waals surface area contributed by atoms with E-state index in [-0.39, 0.29) is 6.04 Å². The molecule has 3 aromatic rings. The Bertz CT molecular complexity index is 802. The molecular weight excluding hydrogens is 316 g/mol. The fourth-order valence-electron chi connectivity index (χ4n) is 2.74. The first kappa shape index (κ1) is 16.9. The van der Waals surface area contributed by atoms with Crippen LogP contribution in [0.2, 0.25) is 0 Å². The number of nitrogens with zero attached hydrogens (tertiary/aromatic N) is 5. The zero-order chi connectivity index (χ0) is 17.6. The SMILES string of the molecule is COc1ccccc1[C@@H](CNc1nnnn1-c1ccccc1)N(C)C. The van der Waals surface area contributed by atoms with Crippen molar-refractivity contribution in [3.05, 3.63) is 60.2 Å². The molecule has 3 rings (SSSR count). The minimum absolute atomic E-state index is 0.108. The van der Waals surface area contributed by atoms with Crippen molar-refractivity contribution in [1.82, 2.24) is 25.1 Å². The van der Waals surface area contributed by atoms with Gasteiger partial charge in [0.25, 0.3) is 0 Å². The number of tetrazole rings is 1. The van der Waals surface area contributed by atoms with Gasteiger partial charge in [-0.05, 0) is 42.7 Å². The molecule has 1 heterocycles. The number of ether oxygens (including phenoxy) is 1. The van der Waals surface area contributed by atoms with E-state index < -0.39 is 0 Å². The Morgan fingerprint density at radius 3 is 2.52 bits per heavy atom. The van der Waals surface area contributed by atoms with Gasteiger partial charge in [-0.1, -0.05) is 41.5 Å². The highest BCUT2D eigenvalue weighted by molar-refractivity contribution is 5.40. The van der Waals surface area contributed by atoms with Crippen LogP contribution in [0.5, 0.6) is 5.75 Å². The van der Waals surface area contributed by atoms with Crippen LogP contribution in [0.15, 0.2) is 54.6 Å². The predicted molar refractivity (Wildman–Crippen MR) is 97.1 cm³/mol. The van der Waals surface area contributed by atoms with Crippen LogP contribution in [0.25, 0.3) is 5.69 Å². The maximum absolute atomic E-state index is 5.51. The van der Waals surface area contributed by atoms with Crippen LogP contribution in [0.4, 0.5) is 5.95 Å². The predicted octanol–water partition coefficient (Wildman–Crippen LogP) is 2.39. The van der Waals surface area contributed by atoms with E-state index in [1.807, 2.05) is 62.6 Å². The van der Waals surface area contributed by atoms with Gasteiger partial charge in [0.05, 0.1) is 18.8 Å². The maximum Gasteiger partial charge on any atom is 0.247 e. The van der Waals surface area contributed by atoms with Crippen LogP contribution in [0.1, 0.15) is 11.6 Å². The standard InChI is InChI=1S/C18H22N6O/c1-23(2)16(15-11-7-8-12-17(15)25-3)13-19-18-20-21-22-24(18)14-9-5-4-6-10-14/h4-12,16H,13H2,1-3H3,(H,19,20,22)/t16-/m1/s1. The summed E-state index contributed by atoms with van der Waals surface area (Å²) < 4.78 is 7.20. The third-order valence-corrected chi connectivity index (χ3v) is 4.05. The molecule has 0 bridgehead atoms. The van der Waals surface area contributed by atoms with Gasteiger partial charge in [0.2, 0.25) is 5.95 Å². The zero-order valence-corrected chi connectivity index (χ0v) is 14.6. The average Bonchev–Trinajstić information content (AvgIpc) is 3.11. The number of aromatic nitrogens is 4. The summed E-state index contributed by atoms with van der Waals surface area (Å²) in [7, 11) is 5.77. The van der Waals surface area contributed by atoms with E-state index in [9.17, 15) is 0 Å². The summed E-state index contributed by atoms with van der Waals surface area (Å²) in [5.41, 5.74) is 2.02. The summed E-state index contributed by atoms with van der Waals surface area (Å²) in [5.74, 6) is 1.47. The topological polar surface area (TPSA) is 68.1 Å². The lowest BCUT2D eigenvalue weighted by molar-refractivity contribution is 0.299.